The molecule has 0 bridgehead atoms. The Hall–Kier alpha value is -2.36. The number of likely N-dealkylation sites (tertiary alicyclic amines) is 1. The second-order valence-electron chi connectivity index (χ2n) is 7.98. The van der Waals surface area contributed by atoms with Crippen LogP contribution in [0.1, 0.15) is 54.4 Å². The van der Waals surface area contributed by atoms with E-state index in [1.165, 1.54) is 31.2 Å². The van der Waals surface area contributed by atoms with Crippen molar-refractivity contribution in [1.82, 2.24) is 9.88 Å². The van der Waals surface area contributed by atoms with Crippen LogP contribution in [0.15, 0.2) is 48.7 Å². The van der Waals surface area contributed by atoms with E-state index in [0.717, 1.165) is 43.7 Å². The lowest BCUT2D eigenvalue weighted by Gasteiger charge is -2.32. The standard InChI is InChI=1S/C23H29N3O/c27-23(20-10-13-24-22(17-20)25-21-8-4-5-9-21)26-14-11-19(12-15-26)16-18-6-2-1-3-7-18/h1-3,6-7,10,13,17,19,21H,4-5,8-9,11-12,14-16H2,(H,24,25). The zero-order chi connectivity index (χ0) is 18.5. The molecule has 4 nitrogen and oxygen atoms in total. The Labute approximate surface area is 162 Å². The van der Waals surface area contributed by atoms with Crippen LogP contribution < -0.4 is 5.32 Å². The van der Waals surface area contributed by atoms with E-state index in [-0.39, 0.29) is 5.91 Å². The van der Waals surface area contributed by atoms with Gasteiger partial charge in [0.1, 0.15) is 5.82 Å². The Morgan fingerprint density at radius 1 is 1.04 bits per heavy atom. The molecule has 2 aliphatic rings. The average Bonchev–Trinajstić information content (AvgIpc) is 3.22. The van der Waals surface area contributed by atoms with Crippen molar-refractivity contribution in [3.8, 4) is 0 Å². The fourth-order valence-electron chi connectivity index (χ4n) is 4.39. The van der Waals surface area contributed by atoms with Gasteiger partial charge in [-0.1, -0.05) is 43.2 Å². The van der Waals surface area contributed by atoms with Gasteiger partial charge in [0.25, 0.3) is 5.91 Å². The first kappa shape index (κ1) is 18.0. The minimum absolute atomic E-state index is 0.144. The van der Waals surface area contributed by atoms with Gasteiger partial charge in [-0.25, -0.2) is 4.98 Å². The summed E-state index contributed by atoms with van der Waals surface area (Å²) in [5, 5.41) is 3.49. The van der Waals surface area contributed by atoms with Gasteiger partial charge in [-0.2, -0.15) is 0 Å². The summed E-state index contributed by atoms with van der Waals surface area (Å²) >= 11 is 0. The van der Waals surface area contributed by atoms with Crippen LogP contribution in [0.2, 0.25) is 0 Å². The quantitative estimate of drug-likeness (QED) is 0.849. The van der Waals surface area contributed by atoms with Gasteiger partial charge in [0.15, 0.2) is 0 Å². The molecular weight excluding hydrogens is 334 g/mol. The third-order valence-electron chi connectivity index (χ3n) is 5.98. The van der Waals surface area contributed by atoms with E-state index < -0.39 is 0 Å². The van der Waals surface area contributed by atoms with Crippen molar-refractivity contribution in [1.29, 1.82) is 0 Å². The molecule has 0 unspecified atom stereocenters. The minimum Gasteiger partial charge on any atom is -0.367 e. The normalized spacial score (nSPS) is 18.6. The maximum absolute atomic E-state index is 12.9. The van der Waals surface area contributed by atoms with Gasteiger partial charge in [-0.3, -0.25) is 4.79 Å². The Kier molecular flexibility index (Phi) is 5.71. The monoisotopic (exact) mass is 363 g/mol. The molecule has 2 heterocycles. The fraction of sp³-hybridized carbons (Fsp3) is 0.478. The highest BCUT2D eigenvalue weighted by Gasteiger charge is 2.24. The summed E-state index contributed by atoms with van der Waals surface area (Å²) in [6.07, 6.45) is 10.0. The smallest absolute Gasteiger partial charge is 0.254 e. The SMILES string of the molecule is O=C(c1ccnc(NC2CCCC2)c1)N1CCC(Cc2ccccc2)CC1. The number of anilines is 1. The number of carbonyl (C=O) groups is 1. The third kappa shape index (κ3) is 4.68. The predicted octanol–water partition coefficient (Wildman–Crippen LogP) is 4.53. The minimum atomic E-state index is 0.144. The van der Waals surface area contributed by atoms with Crippen LogP contribution >= 0.6 is 0 Å². The van der Waals surface area contributed by atoms with Crippen LogP contribution in [0.4, 0.5) is 5.82 Å². The number of amides is 1. The number of nitrogens with one attached hydrogen (secondary N) is 1. The molecular formula is C23H29N3O. The zero-order valence-corrected chi connectivity index (χ0v) is 15.9. The van der Waals surface area contributed by atoms with Crippen LogP contribution in [-0.2, 0) is 6.42 Å². The first-order valence-corrected chi connectivity index (χ1v) is 10.3. The van der Waals surface area contributed by atoms with E-state index >= 15 is 0 Å². The molecule has 1 saturated carbocycles. The van der Waals surface area contributed by atoms with Crippen molar-refractivity contribution in [3.63, 3.8) is 0 Å². The number of carbonyl (C=O) groups excluding carboxylic acids is 1. The molecule has 2 aromatic rings. The summed E-state index contributed by atoms with van der Waals surface area (Å²) in [5.41, 5.74) is 2.16. The van der Waals surface area contributed by atoms with Crippen LogP contribution in [0.5, 0.6) is 0 Å². The third-order valence-corrected chi connectivity index (χ3v) is 5.98. The Bertz CT molecular complexity index is 747. The van der Waals surface area contributed by atoms with Gasteiger partial charge in [-0.05, 0) is 55.7 Å². The topological polar surface area (TPSA) is 45.2 Å². The van der Waals surface area contributed by atoms with Crippen LogP contribution in [-0.4, -0.2) is 34.9 Å². The van der Waals surface area contributed by atoms with Crippen molar-refractivity contribution >= 4 is 11.7 Å². The molecule has 1 aliphatic heterocycles. The van der Waals surface area contributed by atoms with Crippen molar-refractivity contribution < 1.29 is 4.79 Å². The lowest BCUT2D eigenvalue weighted by Crippen LogP contribution is -2.39. The largest absolute Gasteiger partial charge is 0.367 e. The maximum Gasteiger partial charge on any atom is 0.254 e. The van der Waals surface area contributed by atoms with E-state index in [1.54, 1.807) is 6.20 Å². The first-order chi connectivity index (χ1) is 13.3. The molecule has 142 valence electrons. The van der Waals surface area contributed by atoms with Gasteiger partial charge in [0.05, 0.1) is 0 Å². The van der Waals surface area contributed by atoms with E-state index in [2.05, 4.69) is 40.6 Å². The molecule has 4 heteroatoms. The number of aromatic nitrogens is 1. The van der Waals surface area contributed by atoms with Gasteiger partial charge in [0, 0.05) is 30.9 Å². The molecule has 0 atom stereocenters. The van der Waals surface area contributed by atoms with Gasteiger partial charge < -0.3 is 10.2 Å². The number of nitrogens with zero attached hydrogens (tertiary/aromatic N) is 2. The van der Waals surface area contributed by atoms with Crippen molar-refractivity contribution in [3.05, 3.63) is 59.8 Å². The van der Waals surface area contributed by atoms with Crippen LogP contribution in [0, 0.1) is 5.92 Å². The number of rotatable bonds is 5. The highest BCUT2D eigenvalue weighted by molar-refractivity contribution is 5.94. The molecule has 27 heavy (non-hydrogen) atoms. The summed E-state index contributed by atoms with van der Waals surface area (Å²) < 4.78 is 0. The number of hydrogen-bond donors (Lipinski definition) is 1. The molecule has 1 aromatic carbocycles. The summed E-state index contributed by atoms with van der Waals surface area (Å²) in [7, 11) is 0. The number of piperidine rings is 1. The highest BCUT2D eigenvalue weighted by atomic mass is 16.2. The molecule has 1 amide bonds. The molecule has 0 spiro atoms. The molecule has 1 aliphatic carbocycles. The Balaban J connectivity index is 1.32. The van der Waals surface area contributed by atoms with E-state index in [1.807, 2.05) is 17.0 Å². The predicted molar refractivity (Wildman–Crippen MR) is 109 cm³/mol. The average molecular weight is 364 g/mol. The second-order valence-corrected chi connectivity index (χ2v) is 7.98. The molecule has 0 radical (unpaired) electrons. The van der Waals surface area contributed by atoms with Crippen molar-refractivity contribution in [2.75, 3.05) is 18.4 Å². The summed E-state index contributed by atoms with van der Waals surface area (Å²) in [4.78, 5) is 19.3. The van der Waals surface area contributed by atoms with E-state index in [9.17, 15) is 4.79 Å². The van der Waals surface area contributed by atoms with Crippen LogP contribution in [0.3, 0.4) is 0 Å². The molecule has 4 rings (SSSR count). The van der Waals surface area contributed by atoms with Crippen LogP contribution in [0.25, 0.3) is 0 Å². The van der Waals surface area contributed by atoms with Gasteiger partial charge in [0.2, 0.25) is 0 Å². The fourth-order valence-corrected chi connectivity index (χ4v) is 4.39. The molecule has 1 saturated heterocycles. The second kappa shape index (κ2) is 8.55. The lowest BCUT2D eigenvalue weighted by molar-refractivity contribution is 0.0690. The molecule has 2 fully saturated rings. The number of benzene rings is 1. The zero-order valence-electron chi connectivity index (χ0n) is 15.9. The summed E-state index contributed by atoms with van der Waals surface area (Å²) in [5.74, 6) is 1.66. The Morgan fingerprint density at radius 2 is 1.78 bits per heavy atom. The summed E-state index contributed by atoms with van der Waals surface area (Å²) in [6.45, 7) is 1.70. The maximum atomic E-state index is 12.9. The van der Waals surface area contributed by atoms with Crippen molar-refractivity contribution in [2.24, 2.45) is 5.92 Å². The molecule has 1 aromatic heterocycles. The van der Waals surface area contributed by atoms with E-state index in [0.29, 0.717) is 12.0 Å². The first-order valence-electron chi connectivity index (χ1n) is 10.3. The van der Waals surface area contributed by atoms with Crippen molar-refractivity contribution in [2.45, 2.75) is 51.0 Å². The summed E-state index contributed by atoms with van der Waals surface area (Å²) in [6, 6.07) is 15.0. The van der Waals surface area contributed by atoms with E-state index in [4.69, 9.17) is 0 Å². The highest BCUT2D eigenvalue weighted by Crippen LogP contribution is 2.24. The Morgan fingerprint density at radius 3 is 2.52 bits per heavy atom. The number of pyridine rings is 1. The number of hydrogen-bond acceptors (Lipinski definition) is 3. The lowest BCUT2D eigenvalue weighted by atomic mass is 9.90. The van der Waals surface area contributed by atoms with Gasteiger partial charge >= 0.3 is 0 Å². The van der Waals surface area contributed by atoms with Gasteiger partial charge in [-0.15, -0.1) is 0 Å². The molecule has 1 N–H and O–H groups in total.